The van der Waals surface area contributed by atoms with E-state index in [1.165, 1.54) is 18.3 Å². The average Bonchev–Trinajstić information content (AvgIpc) is 2.62. The molecule has 0 saturated carbocycles. The molecule has 86 valence electrons. The number of ether oxygens (including phenoxy) is 1. The number of hydrogen-bond acceptors (Lipinski definition) is 5. The predicted molar refractivity (Wildman–Crippen MR) is 67.3 cm³/mol. The van der Waals surface area contributed by atoms with Crippen LogP contribution in [0.3, 0.4) is 0 Å². The molecule has 0 radical (unpaired) electrons. The van der Waals surface area contributed by atoms with Crippen LogP contribution in [0, 0.1) is 0 Å². The van der Waals surface area contributed by atoms with Crippen molar-refractivity contribution in [1.29, 1.82) is 0 Å². The summed E-state index contributed by atoms with van der Waals surface area (Å²) in [6, 6.07) is 1.87. The number of esters is 1. The van der Waals surface area contributed by atoms with E-state index in [-0.39, 0.29) is 17.7 Å². The zero-order valence-electron chi connectivity index (χ0n) is 8.60. The number of rotatable bonds is 4. The Morgan fingerprint density at radius 3 is 3.19 bits per heavy atom. The Morgan fingerprint density at radius 1 is 1.81 bits per heavy atom. The number of hydrogen-bond donors (Lipinski definition) is 2. The fraction of sp³-hybridized carbons (Fsp3) is 0.222. The second-order valence-electron chi connectivity index (χ2n) is 2.87. The smallest absolute Gasteiger partial charge is 0.302 e. The maximum atomic E-state index is 10.6. The highest BCUT2D eigenvalue weighted by molar-refractivity contribution is 7.80. The molecule has 0 aliphatic carbocycles. The minimum atomic E-state index is -0.295. The Kier molecular flexibility index (Phi) is 4.87. The molecule has 16 heavy (non-hydrogen) atoms. The Balaban J connectivity index is 2.48. The van der Waals surface area contributed by atoms with Crippen LogP contribution in [0.5, 0.6) is 0 Å². The van der Waals surface area contributed by atoms with Crippen LogP contribution in [0.15, 0.2) is 16.5 Å². The first-order valence-electron chi connectivity index (χ1n) is 4.37. The van der Waals surface area contributed by atoms with Crippen LogP contribution in [0.25, 0.3) is 0 Å². The minimum absolute atomic E-state index is 0.118. The first-order chi connectivity index (χ1) is 7.58. The summed E-state index contributed by atoms with van der Waals surface area (Å²) in [4.78, 5) is 11.5. The SMILES string of the molecule is CC(=O)OCc1csc(/C=N/NC(N)=S)c1. The maximum Gasteiger partial charge on any atom is 0.302 e. The van der Waals surface area contributed by atoms with Crippen LogP contribution in [0.2, 0.25) is 0 Å². The van der Waals surface area contributed by atoms with Crippen molar-refractivity contribution in [2.24, 2.45) is 10.8 Å². The third kappa shape index (κ3) is 4.85. The van der Waals surface area contributed by atoms with Gasteiger partial charge in [-0.3, -0.25) is 10.2 Å². The lowest BCUT2D eigenvalue weighted by molar-refractivity contribution is -0.142. The summed E-state index contributed by atoms with van der Waals surface area (Å²) in [5.74, 6) is -0.295. The number of nitrogens with two attached hydrogens (primary N) is 1. The fourth-order valence-electron chi connectivity index (χ4n) is 0.882. The third-order valence-electron chi connectivity index (χ3n) is 1.48. The zero-order valence-corrected chi connectivity index (χ0v) is 10.2. The molecule has 0 bridgehead atoms. The number of hydrazone groups is 1. The first kappa shape index (κ1) is 12.6. The first-order valence-corrected chi connectivity index (χ1v) is 5.66. The number of carbonyl (C=O) groups is 1. The fourth-order valence-corrected chi connectivity index (χ4v) is 1.69. The van der Waals surface area contributed by atoms with Crippen LogP contribution in [0.1, 0.15) is 17.4 Å². The quantitative estimate of drug-likeness (QED) is 0.364. The molecule has 0 amide bonds. The topological polar surface area (TPSA) is 76.7 Å². The normalized spacial score (nSPS) is 10.3. The number of thiocarbonyl (C=S) groups is 1. The summed E-state index contributed by atoms with van der Waals surface area (Å²) in [7, 11) is 0. The predicted octanol–water partition coefficient (Wildman–Crippen LogP) is 0.978. The lowest BCUT2D eigenvalue weighted by Crippen LogP contribution is -2.23. The second-order valence-corrected chi connectivity index (χ2v) is 4.25. The zero-order chi connectivity index (χ0) is 12.0. The van der Waals surface area contributed by atoms with Crippen molar-refractivity contribution in [3.63, 3.8) is 0 Å². The van der Waals surface area contributed by atoms with Gasteiger partial charge in [0.25, 0.3) is 0 Å². The molecule has 0 aliphatic heterocycles. The molecule has 5 nitrogen and oxygen atoms in total. The van der Waals surface area contributed by atoms with Crippen LogP contribution < -0.4 is 11.2 Å². The highest BCUT2D eigenvalue weighted by Gasteiger charge is 1.99. The largest absolute Gasteiger partial charge is 0.461 e. The standard InChI is InChI=1S/C9H11N3O2S2/c1-6(13)14-4-7-2-8(16-5-7)3-11-12-9(10)15/h2-3,5H,4H2,1H3,(H3,10,12,15)/b11-3+. The van der Waals surface area contributed by atoms with Crippen molar-refractivity contribution in [2.75, 3.05) is 0 Å². The van der Waals surface area contributed by atoms with E-state index in [0.717, 1.165) is 10.4 Å². The number of carbonyl (C=O) groups excluding carboxylic acids is 1. The maximum absolute atomic E-state index is 10.6. The Labute approximate surface area is 102 Å². The van der Waals surface area contributed by atoms with Crippen molar-refractivity contribution in [1.82, 2.24) is 5.43 Å². The monoisotopic (exact) mass is 257 g/mol. The van der Waals surface area contributed by atoms with E-state index in [2.05, 4.69) is 22.7 Å². The van der Waals surface area contributed by atoms with Crippen molar-refractivity contribution in [2.45, 2.75) is 13.5 Å². The molecule has 1 aromatic heterocycles. The molecule has 0 aliphatic rings. The summed E-state index contributed by atoms with van der Waals surface area (Å²) in [6.07, 6.45) is 1.60. The van der Waals surface area contributed by atoms with Gasteiger partial charge < -0.3 is 10.5 Å². The van der Waals surface area contributed by atoms with E-state index in [0.29, 0.717) is 0 Å². The molecule has 1 aromatic rings. The van der Waals surface area contributed by atoms with E-state index in [9.17, 15) is 4.79 Å². The summed E-state index contributed by atoms with van der Waals surface area (Å²) < 4.78 is 4.85. The van der Waals surface area contributed by atoms with Crippen LogP contribution in [-0.4, -0.2) is 17.3 Å². The Morgan fingerprint density at radius 2 is 2.56 bits per heavy atom. The molecule has 0 spiro atoms. The van der Waals surface area contributed by atoms with Crippen molar-refractivity contribution in [3.05, 3.63) is 21.9 Å². The summed E-state index contributed by atoms with van der Waals surface area (Å²) in [6.45, 7) is 1.66. The van der Waals surface area contributed by atoms with Gasteiger partial charge in [-0.25, -0.2) is 0 Å². The van der Waals surface area contributed by atoms with Crippen molar-refractivity contribution >= 4 is 40.9 Å². The van der Waals surface area contributed by atoms with Gasteiger partial charge in [0.2, 0.25) is 0 Å². The van der Waals surface area contributed by atoms with Gasteiger partial charge in [0.05, 0.1) is 6.21 Å². The molecule has 0 aromatic carbocycles. The third-order valence-corrected chi connectivity index (χ3v) is 2.49. The molecule has 7 heteroatoms. The molecular weight excluding hydrogens is 246 g/mol. The number of nitrogens with zero attached hydrogens (tertiary/aromatic N) is 1. The van der Waals surface area contributed by atoms with Crippen LogP contribution in [-0.2, 0) is 16.1 Å². The van der Waals surface area contributed by atoms with Gasteiger partial charge in [0.1, 0.15) is 6.61 Å². The van der Waals surface area contributed by atoms with Crippen LogP contribution >= 0.6 is 23.6 Å². The van der Waals surface area contributed by atoms with E-state index in [1.54, 1.807) is 6.21 Å². The van der Waals surface area contributed by atoms with E-state index in [4.69, 9.17) is 10.5 Å². The summed E-state index contributed by atoms with van der Waals surface area (Å²) >= 11 is 6.07. The second kappa shape index (κ2) is 6.19. The van der Waals surface area contributed by atoms with Gasteiger partial charge in [0.15, 0.2) is 5.11 Å². The molecule has 0 saturated heterocycles. The number of nitrogens with one attached hydrogen (secondary N) is 1. The highest BCUT2D eigenvalue weighted by atomic mass is 32.1. The van der Waals surface area contributed by atoms with E-state index < -0.39 is 0 Å². The molecule has 0 unspecified atom stereocenters. The molecule has 1 rings (SSSR count). The molecule has 0 fully saturated rings. The molecule has 0 atom stereocenters. The van der Waals surface area contributed by atoms with Gasteiger partial charge in [-0.1, -0.05) is 0 Å². The minimum Gasteiger partial charge on any atom is -0.461 e. The number of thiophene rings is 1. The van der Waals surface area contributed by atoms with Gasteiger partial charge in [-0.05, 0) is 23.7 Å². The van der Waals surface area contributed by atoms with Crippen molar-refractivity contribution in [3.8, 4) is 0 Å². The van der Waals surface area contributed by atoms with Crippen molar-refractivity contribution < 1.29 is 9.53 Å². The van der Waals surface area contributed by atoms with Gasteiger partial charge in [-0.2, -0.15) is 5.10 Å². The molecule has 1 heterocycles. The molecular formula is C9H11N3O2S2. The lowest BCUT2D eigenvalue weighted by atomic mass is 10.3. The lowest BCUT2D eigenvalue weighted by Gasteiger charge is -1.96. The van der Waals surface area contributed by atoms with Crippen LogP contribution in [0.4, 0.5) is 0 Å². The average molecular weight is 257 g/mol. The van der Waals surface area contributed by atoms with Gasteiger partial charge in [0, 0.05) is 17.4 Å². The van der Waals surface area contributed by atoms with Gasteiger partial charge >= 0.3 is 5.97 Å². The van der Waals surface area contributed by atoms with Gasteiger partial charge in [-0.15, -0.1) is 11.3 Å². The summed E-state index contributed by atoms with van der Waals surface area (Å²) in [5.41, 5.74) is 8.58. The van der Waals surface area contributed by atoms with E-state index in [1.807, 2.05) is 11.4 Å². The Hall–Kier alpha value is -1.47. The Bertz CT molecular complexity index is 415. The highest BCUT2D eigenvalue weighted by Crippen LogP contribution is 2.13. The molecule has 3 N–H and O–H groups in total. The van der Waals surface area contributed by atoms with E-state index >= 15 is 0 Å². The summed E-state index contributed by atoms with van der Waals surface area (Å²) in [5, 5.41) is 5.82.